The molecule has 0 fully saturated rings. The number of aliphatic imine (C=N–C) groups is 1. The van der Waals surface area contributed by atoms with Crippen LogP contribution in [0.1, 0.15) is 6.92 Å². The summed E-state index contributed by atoms with van der Waals surface area (Å²) < 4.78 is 0. The second kappa shape index (κ2) is 3.96. The maximum Gasteiger partial charge on any atom is 0.329 e. The van der Waals surface area contributed by atoms with Crippen LogP contribution in [0.25, 0.3) is 0 Å². The summed E-state index contributed by atoms with van der Waals surface area (Å²) in [5.41, 5.74) is 2.08. The van der Waals surface area contributed by atoms with Gasteiger partial charge in [-0.3, -0.25) is 4.79 Å². The predicted molar refractivity (Wildman–Crippen MR) is 37.0 cm³/mol. The van der Waals surface area contributed by atoms with Crippen molar-refractivity contribution in [3.05, 3.63) is 0 Å². The summed E-state index contributed by atoms with van der Waals surface area (Å²) in [6, 6.07) is 0. The fraction of sp³-hybridized carbons (Fsp3) is 0.250. The van der Waals surface area contributed by atoms with Gasteiger partial charge in [-0.05, 0) is 18.9 Å². The van der Waals surface area contributed by atoms with Crippen LogP contribution in [0.15, 0.2) is 4.99 Å². The van der Waals surface area contributed by atoms with E-state index >= 15 is 0 Å². The first-order valence-electron chi connectivity index (χ1n) is 2.11. The minimum atomic E-state index is -0.471. The molecule has 50 valence electrons. The van der Waals surface area contributed by atoms with E-state index in [-0.39, 0.29) is 5.11 Å². The first kappa shape index (κ1) is 8.03. The van der Waals surface area contributed by atoms with Crippen molar-refractivity contribution in [1.82, 2.24) is 5.48 Å². The molecule has 0 radical (unpaired) electrons. The first-order valence-corrected chi connectivity index (χ1v) is 2.51. The SMILES string of the molecule is C=NC(=S)NOC(C)=O. The first-order chi connectivity index (χ1) is 4.16. The van der Waals surface area contributed by atoms with E-state index in [9.17, 15) is 4.79 Å². The summed E-state index contributed by atoms with van der Waals surface area (Å²) in [7, 11) is 0. The van der Waals surface area contributed by atoms with Crippen LogP contribution in [0.2, 0.25) is 0 Å². The molecule has 0 aromatic carbocycles. The zero-order valence-electron chi connectivity index (χ0n) is 4.88. The minimum absolute atomic E-state index is 0.0465. The van der Waals surface area contributed by atoms with Gasteiger partial charge in [-0.1, -0.05) is 0 Å². The summed E-state index contributed by atoms with van der Waals surface area (Å²) >= 11 is 4.46. The van der Waals surface area contributed by atoms with Crippen molar-refractivity contribution in [2.75, 3.05) is 0 Å². The van der Waals surface area contributed by atoms with Gasteiger partial charge in [-0.15, -0.1) is 0 Å². The standard InChI is InChI=1S/C4H6N2O2S/c1-3(7)8-6-4(9)5-2/h2H2,1H3,(H,6,9). The maximum atomic E-state index is 10.1. The third-order valence-corrected chi connectivity index (χ3v) is 0.638. The van der Waals surface area contributed by atoms with Crippen LogP contribution in [-0.2, 0) is 9.63 Å². The number of rotatable bonds is 0. The molecular formula is C4H6N2O2S. The molecule has 0 rings (SSSR count). The van der Waals surface area contributed by atoms with Crippen LogP contribution in [0.4, 0.5) is 0 Å². The highest BCUT2D eigenvalue weighted by atomic mass is 32.1. The zero-order valence-corrected chi connectivity index (χ0v) is 5.70. The molecule has 0 spiro atoms. The summed E-state index contributed by atoms with van der Waals surface area (Å²) in [5, 5.41) is 0.0465. The maximum absolute atomic E-state index is 10.1. The number of carbonyl (C=O) groups excluding carboxylic acids is 1. The van der Waals surface area contributed by atoms with E-state index in [1.165, 1.54) is 6.92 Å². The molecular weight excluding hydrogens is 140 g/mol. The third-order valence-electron chi connectivity index (χ3n) is 0.426. The molecule has 0 unspecified atom stereocenters. The third kappa shape index (κ3) is 4.89. The molecule has 1 N–H and O–H groups in total. The molecule has 0 amide bonds. The number of nitrogens with one attached hydrogen (secondary N) is 1. The van der Waals surface area contributed by atoms with Gasteiger partial charge in [0.15, 0.2) is 0 Å². The van der Waals surface area contributed by atoms with E-state index in [4.69, 9.17) is 0 Å². The van der Waals surface area contributed by atoms with E-state index in [0.717, 1.165) is 0 Å². The molecule has 0 aliphatic heterocycles. The molecule has 5 heteroatoms. The summed E-state index contributed by atoms with van der Waals surface area (Å²) in [6.07, 6.45) is 0. The number of hydrogen-bond donors (Lipinski definition) is 1. The van der Waals surface area contributed by atoms with E-state index in [1.807, 2.05) is 0 Å². The lowest BCUT2D eigenvalue weighted by atomic mass is 10.8. The molecule has 0 aromatic heterocycles. The molecule has 9 heavy (non-hydrogen) atoms. The quantitative estimate of drug-likeness (QED) is 0.298. The molecule has 0 heterocycles. The Morgan fingerprint density at radius 1 is 1.89 bits per heavy atom. The lowest BCUT2D eigenvalue weighted by Crippen LogP contribution is -2.21. The monoisotopic (exact) mass is 146 g/mol. The number of carbonyl (C=O) groups is 1. The molecule has 0 bridgehead atoms. The smallest absolute Gasteiger partial charge is 0.329 e. The van der Waals surface area contributed by atoms with Gasteiger partial charge in [0.25, 0.3) is 0 Å². The Bertz CT molecular complexity index is 146. The average Bonchev–Trinajstić information content (AvgIpc) is 1.83. The number of nitrogens with zero attached hydrogens (tertiary/aromatic N) is 1. The molecule has 0 aliphatic carbocycles. The van der Waals surface area contributed by atoms with Crippen molar-refractivity contribution in [2.45, 2.75) is 6.92 Å². The summed E-state index contributed by atoms with van der Waals surface area (Å²) in [6.45, 7) is 4.34. The Hall–Kier alpha value is -0.970. The Balaban J connectivity index is 3.39. The number of hydroxylamine groups is 1. The van der Waals surface area contributed by atoms with E-state index in [2.05, 4.69) is 34.2 Å². The topological polar surface area (TPSA) is 50.7 Å². The van der Waals surface area contributed by atoms with E-state index in [1.54, 1.807) is 0 Å². The highest BCUT2D eigenvalue weighted by Crippen LogP contribution is 1.73. The summed E-state index contributed by atoms with van der Waals surface area (Å²) in [5.74, 6) is -0.471. The average molecular weight is 146 g/mol. The van der Waals surface area contributed by atoms with Gasteiger partial charge in [0.2, 0.25) is 5.11 Å². The molecule has 0 saturated carbocycles. The predicted octanol–water partition coefficient (Wildman–Crippen LogP) is 0.0396. The van der Waals surface area contributed by atoms with Crippen molar-refractivity contribution >= 4 is 30.0 Å². The van der Waals surface area contributed by atoms with Gasteiger partial charge in [-0.25, -0.2) is 4.99 Å². The van der Waals surface area contributed by atoms with E-state index in [0.29, 0.717) is 0 Å². The van der Waals surface area contributed by atoms with Gasteiger partial charge in [0.05, 0.1) is 0 Å². The highest BCUT2D eigenvalue weighted by Gasteiger charge is 1.91. The van der Waals surface area contributed by atoms with Crippen LogP contribution in [0.3, 0.4) is 0 Å². The van der Waals surface area contributed by atoms with Gasteiger partial charge in [-0.2, -0.15) is 5.48 Å². The molecule has 0 aliphatic rings. The second-order valence-corrected chi connectivity index (χ2v) is 1.55. The van der Waals surface area contributed by atoms with Gasteiger partial charge in [0.1, 0.15) is 0 Å². The van der Waals surface area contributed by atoms with Crippen LogP contribution in [-0.4, -0.2) is 17.8 Å². The largest absolute Gasteiger partial charge is 0.342 e. The van der Waals surface area contributed by atoms with Crippen LogP contribution >= 0.6 is 12.2 Å². The van der Waals surface area contributed by atoms with Crippen LogP contribution < -0.4 is 5.48 Å². The minimum Gasteiger partial charge on any atom is -0.342 e. The number of thiocarbonyl (C=S) groups is 1. The molecule has 0 atom stereocenters. The Morgan fingerprint density at radius 2 is 2.44 bits per heavy atom. The lowest BCUT2D eigenvalue weighted by Gasteiger charge is -1.98. The lowest BCUT2D eigenvalue weighted by molar-refractivity contribution is -0.144. The van der Waals surface area contributed by atoms with Crippen molar-refractivity contribution in [3.8, 4) is 0 Å². The normalized spacial score (nSPS) is 7.67. The van der Waals surface area contributed by atoms with Gasteiger partial charge < -0.3 is 4.84 Å². The van der Waals surface area contributed by atoms with Gasteiger partial charge in [0, 0.05) is 6.92 Å². The fourth-order valence-corrected chi connectivity index (χ4v) is 0.189. The van der Waals surface area contributed by atoms with Gasteiger partial charge >= 0.3 is 5.97 Å². The highest BCUT2D eigenvalue weighted by molar-refractivity contribution is 7.80. The molecule has 4 nitrogen and oxygen atoms in total. The van der Waals surface area contributed by atoms with Crippen molar-refractivity contribution in [1.29, 1.82) is 0 Å². The zero-order chi connectivity index (χ0) is 7.28. The van der Waals surface area contributed by atoms with Crippen molar-refractivity contribution in [2.24, 2.45) is 4.99 Å². The van der Waals surface area contributed by atoms with Crippen molar-refractivity contribution < 1.29 is 9.63 Å². The van der Waals surface area contributed by atoms with Crippen LogP contribution in [0.5, 0.6) is 0 Å². The summed E-state index contributed by atoms with van der Waals surface area (Å²) in [4.78, 5) is 17.5. The second-order valence-electron chi connectivity index (χ2n) is 1.16. The van der Waals surface area contributed by atoms with Crippen LogP contribution in [0, 0.1) is 0 Å². The number of hydrogen-bond acceptors (Lipinski definition) is 3. The fourth-order valence-electron chi connectivity index (χ4n) is 0.148. The molecule has 0 aromatic rings. The Morgan fingerprint density at radius 3 is 2.78 bits per heavy atom. The Labute approximate surface area is 57.9 Å². The van der Waals surface area contributed by atoms with Crippen molar-refractivity contribution in [3.63, 3.8) is 0 Å². The molecule has 0 saturated heterocycles. The Kier molecular flexibility index (Phi) is 3.54. The van der Waals surface area contributed by atoms with E-state index < -0.39 is 5.97 Å².